The summed E-state index contributed by atoms with van der Waals surface area (Å²) in [5.74, 6) is -1.47. The predicted octanol–water partition coefficient (Wildman–Crippen LogP) is 2.85. The third kappa shape index (κ3) is 4.89. The Labute approximate surface area is 162 Å². The lowest BCUT2D eigenvalue weighted by atomic mass is 10.0. The summed E-state index contributed by atoms with van der Waals surface area (Å²) in [6, 6.07) is 6.28. The van der Waals surface area contributed by atoms with Gasteiger partial charge in [-0.15, -0.1) is 11.8 Å². The largest absolute Gasteiger partial charge is 0.366 e. The number of hydrogen-bond acceptors (Lipinski definition) is 4. The minimum atomic E-state index is -0.704. The van der Waals surface area contributed by atoms with Crippen LogP contribution < -0.4 is 16.8 Å². The number of amides is 3. The molecule has 5 N–H and O–H groups in total. The topological polar surface area (TPSA) is 115 Å². The highest BCUT2D eigenvalue weighted by Crippen LogP contribution is 2.31. The molecule has 6 nitrogen and oxygen atoms in total. The number of hydrogen-bond donors (Lipinski definition) is 3. The van der Waals surface area contributed by atoms with Gasteiger partial charge >= 0.3 is 0 Å². The molecule has 0 radical (unpaired) electrons. The maximum absolute atomic E-state index is 12.4. The Morgan fingerprint density at radius 1 is 0.852 bits per heavy atom. The molecule has 0 aliphatic carbocycles. The van der Waals surface area contributed by atoms with Gasteiger partial charge in [0.2, 0.25) is 17.7 Å². The first-order chi connectivity index (χ1) is 12.6. The van der Waals surface area contributed by atoms with Gasteiger partial charge < -0.3 is 16.8 Å². The van der Waals surface area contributed by atoms with Crippen LogP contribution in [0.1, 0.15) is 43.0 Å². The van der Waals surface area contributed by atoms with E-state index in [0.29, 0.717) is 5.69 Å². The fraction of sp³-hybridized carbons (Fsp3) is 0.250. The lowest BCUT2D eigenvalue weighted by Gasteiger charge is -2.15. The van der Waals surface area contributed by atoms with Crippen molar-refractivity contribution in [1.82, 2.24) is 0 Å². The number of aryl methyl sites for hydroxylation is 2. The van der Waals surface area contributed by atoms with E-state index >= 15 is 0 Å². The molecule has 3 amide bonds. The van der Waals surface area contributed by atoms with E-state index in [9.17, 15) is 14.4 Å². The molecular formula is C20H23N3O3S. The van der Waals surface area contributed by atoms with Crippen LogP contribution in [-0.2, 0) is 4.79 Å². The second-order valence-electron chi connectivity index (χ2n) is 6.45. The zero-order valence-electron chi connectivity index (χ0n) is 15.8. The van der Waals surface area contributed by atoms with Crippen LogP contribution in [-0.4, -0.2) is 23.5 Å². The number of carbonyl (C=O) groups is 3. The molecule has 0 aliphatic heterocycles. The Balaban J connectivity index is 2.18. The van der Waals surface area contributed by atoms with Gasteiger partial charge in [-0.3, -0.25) is 14.4 Å². The molecule has 7 heteroatoms. The van der Waals surface area contributed by atoms with Gasteiger partial charge in [0.25, 0.3) is 0 Å². The molecule has 0 fully saturated rings. The van der Waals surface area contributed by atoms with Gasteiger partial charge in [-0.2, -0.15) is 0 Å². The SMILES string of the molecule is Cc1cc(C)c(C)c(SCC(=O)Nc2cc(C(N)=O)cc(C(N)=O)c2)c1C. The van der Waals surface area contributed by atoms with Crippen LogP contribution in [0.3, 0.4) is 0 Å². The van der Waals surface area contributed by atoms with Crippen molar-refractivity contribution in [3.05, 3.63) is 57.6 Å². The molecule has 142 valence electrons. The van der Waals surface area contributed by atoms with Crippen LogP contribution in [0.4, 0.5) is 5.69 Å². The molecule has 0 saturated heterocycles. The van der Waals surface area contributed by atoms with Gasteiger partial charge in [-0.25, -0.2) is 0 Å². The summed E-state index contributed by atoms with van der Waals surface area (Å²) >= 11 is 1.46. The number of benzene rings is 2. The van der Waals surface area contributed by atoms with Crippen molar-refractivity contribution in [3.8, 4) is 0 Å². The minimum Gasteiger partial charge on any atom is -0.366 e. The summed E-state index contributed by atoms with van der Waals surface area (Å²) < 4.78 is 0. The summed E-state index contributed by atoms with van der Waals surface area (Å²) in [5.41, 5.74) is 15.7. The summed E-state index contributed by atoms with van der Waals surface area (Å²) in [6.45, 7) is 8.17. The maximum Gasteiger partial charge on any atom is 0.248 e. The van der Waals surface area contributed by atoms with Crippen LogP contribution in [0, 0.1) is 27.7 Å². The van der Waals surface area contributed by atoms with Crippen LogP contribution in [0.15, 0.2) is 29.2 Å². The Morgan fingerprint density at radius 3 is 1.78 bits per heavy atom. The number of nitrogens with one attached hydrogen (secondary N) is 1. The maximum atomic E-state index is 12.4. The van der Waals surface area contributed by atoms with Crippen molar-refractivity contribution >= 4 is 35.2 Å². The third-order valence-corrected chi connectivity index (χ3v) is 5.74. The quantitative estimate of drug-likeness (QED) is 0.663. The molecule has 0 atom stereocenters. The van der Waals surface area contributed by atoms with E-state index in [2.05, 4.69) is 11.4 Å². The first-order valence-corrected chi connectivity index (χ1v) is 9.33. The number of carbonyl (C=O) groups excluding carboxylic acids is 3. The molecule has 2 aromatic rings. The van der Waals surface area contributed by atoms with Crippen molar-refractivity contribution < 1.29 is 14.4 Å². The van der Waals surface area contributed by atoms with Crippen molar-refractivity contribution in [2.24, 2.45) is 11.5 Å². The lowest BCUT2D eigenvalue weighted by molar-refractivity contribution is -0.113. The zero-order chi connectivity index (χ0) is 20.3. The molecule has 0 saturated carbocycles. The Morgan fingerprint density at radius 2 is 1.33 bits per heavy atom. The smallest absolute Gasteiger partial charge is 0.248 e. The molecule has 0 heterocycles. The number of anilines is 1. The first-order valence-electron chi connectivity index (χ1n) is 8.35. The van der Waals surface area contributed by atoms with Crippen LogP contribution in [0.2, 0.25) is 0 Å². The van der Waals surface area contributed by atoms with Gasteiger partial charge in [-0.05, 0) is 68.1 Å². The van der Waals surface area contributed by atoms with Crippen molar-refractivity contribution in [2.75, 3.05) is 11.1 Å². The van der Waals surface area contributed by atoms with Gasteiger partial charge in [0.05, 0.1) is 5.75 Å². The Bertz CT molecular complexity index is 880. The zero-order valence-corrected chi connectivity index (χ0v) is 16.6. The van der Waals surface area contributed by atoms with Crippen molar-refractivity contribution in [1.29, 1.82) is 0 Å². The molecule has 0 unspecified atom stereocenters. The monoisotopic (exact) mass is 385 g/mol. The minimum absolute atomic E-state index is 0.107. The number of primary amides is 2. The van der Waals surface area contributed by atoms with E-state index in [4.69, 9.17) is 11.5 Å². The van der Waals surface area contributed by atoms with E-state index in [1.807, 2.05) is 27.7 Å². The van der Waals surface area contributed by atoms with Gasteiger partial charge in [-0.1, -0.05) is 6.07 Å². The van der Waals surface area contributed by atoms with E-state index in [0.717, 1.165) is 16.0 Å². The van der Waals surface area contributed by atoms with Crippen LogP contribution in [0.25, 0.3) is 0 Å². The molecular weight excluding hydrogens is 362 g/mol. The second kappa shape index (κ2) is 8.26. The normalized spacial score (nSPS) is 10.5. The molecule has 0 bridgehead atoms. The predicted molar refractivity (Wildman–Crippen MR) is 108 cm³/mol. The molecule has 0 aliphatic rings. The van der Waals surface area contributed by atoms with E-state index < -0.39 is 11.8 Å². The fourth-order valence-electron chi connectivity index (χ4n) is 2.72. The fourth-order valence-corrected chi connectivity index (χ4v) is 3.82. The van der Waals surface area contributed by atoms with Crippen LogP contribution >= 0.6 is 11.8 Å². The van der Waals surface area contributed by atoms with Gasteiger partial charge in [0, 0.05) is 21.7 Å². The molecule has 0 spiro atoms. The second-order valence-corrected chi connectivity index (χ2v) is 7.44. The standard InChI is InChI=1S/C20H23N3O3S/c1-10-5-11(2)13(4)18(12(10)3)27-9-17(24)23-16-7-14(19(21)25)6-15(8-16)20(22)26/h5-8H,9H2,1-4H3,(H2,21,25)(H2,22,26)(H,23,24). The molecule has 2 aromatic carbocycles. The highest BCUT2D eigenvalue weighted by molar-refractivity contribution is 8.00. The number of thioether (sulfide) groups is 1. The summed E-state index contributed by atoms with van der Waals surface area (Å²) in [7, 11) is 0. The molecule has 27 heavy (non-hydrogen) atoms. The molecule has 2 rings (SSSR count). The third-order valence-electron chi connectivity index (χ3n) is 4.43. The summed E-state index contributed by atoms with van der Waals surface area (Å²) in [5, 5.41) is 2.70. The average molecular weight is 385 g/mol. The first kappa shape index (κ1) is 20.5. The van der Waals surface area contributed by atoms with E-state index in [-0.39, 0.29) is 22.8 Å². The summed E-state index contributed by atoms with van der Waals surface area (Å²) in [4.78, 5) is 36.3. The Hall–Kier alpha value is -2.80. The van der Waals surface area contributed by atoms with Crippen molar-refractivity contribution in [3.63, 3.8) is 0 Å². The number of nitrogens with two attached hydrogens (primary N) is 2. The summed E-state index contributed by atoms with van der Waals surface area (Å²) in [6.07, 6.45) is 0. The van der Waals surface area contributed by atoms with Gasteiger partial charge in [0.1, 0.15) is 0 Å². The number of rotatable bonds is 6. The van der Waals surface area contributed by atoms with Crippen molar-refractivity contribution in [2.45, 2.75) is 32.6 Å². The molecule has 0 aromatic heterocycles. The van der Waals surface area contributed by atoms with Gasteiger partial charge in [0.15, 0.2) is 0 Å². The lowest BCUT2D eigenvalue weighted by Crippen LogP contribution is -2.19. The van der Waals surface area contributed by atoms with E-state index in [1.54, 1.807) is 0 Å². The van der Waals surface area contributed by atoms with E-state index in [1.165, 1.54) is 41.1 Å². The Kier molecular flexibility index (Phi) is 6.28. The van der Waals surface area contributed by atoms with Crippen LogP contribution in [0.5, 0.6) is 0 Å². The average Bonchev–Trinajstić information content (AvgIpc) is 2.59. The highest BCUT2D eigenvalue weighted by atomic mass is 32.2. The highest BCUT2D eigenvalue weighted by Gasteiger charge is 2.13.